The summed E-state index contributed by atoms with van der Waals surface area (Å²) in [6.07, 6.45) is -3.74. The summed E-state index contributed by atoms with van der Waals surface area (Å²) in [5.74, 6) is -1.99. The average Bonchev–Trinajstić information content (AvgIpc) is 3.07. The van der Waals surface area contributed by atoms with E-state index in [1.165, 1.54) is 0 Å². The van der Waals surface area contributed by atoms with Crippen LogP contribution in [0.4, 0.5) is 0 Å². The minimum atomic E-state index is -1.19. The fourth-order valence-corrected chi connectivity index (χ4v) is 5.54. The summed E-state index contributed by atoms with van der Waals surface area (Å²) >= 11 is 0. The first-order valence-corrected chi connectivity index (χ1v) is 17.2. The van der Waals surface area contributed by atoms with E-state index < -0.39 is 61.5 Å². The van der Waals surface area contributed by atoms with Crippen molar-refractivity contribution in [3.05, 3.63) is 0 Å². The maximum Gasteiger partial charge on any atom is 0.329 e. The fourth-order valence-electron chi connectivity index (χ4n) is 5.54. The quantitative estimate of drug-likeness (QED) is 0.0489. The zero-order valence-corrected chi connectivity index (χ0v) is 30.5. The van der Waals surface area contributed by atoms with Crippen LogP contribution in [-0.2, 0) is 47.5 Å². The molecule has 0 aliphatic carbocycles. The van der Waals surface area contributed by atoms with Gasteiger partial charge in [-0.2, -0.15) is 0 Å². The van der Waals surface area contributed by atoms with Gasteiger partial charge in [-0.1, -0.05) is 13.8 Å². The predicted molar refractivity (Wildman–Crippen MR) is 185 cm³/mol. The number of aliphatic hydroxyl groups is 1. The van der Waals surface area contributed by atoms with Crippen LogP contribution in [0.25, 0.3) is 0 Å². The van der Waals surface area contributed by atoms with Gasteiger partial charge in [-0.05, 0) is 33.6 Å². The van der Waals surface area contributed by atoms with E-state index in [1.807, 2.05) is 20.8 Å². The molecule has 0 aromatic carbocycles. The average molecular weight is 737 g/mol. The molecule has 296 valence electrons. The van der Waals surface area contributed by atoms with E-state index in [2.05, 4.69) is 20.6 Å². The molecule has 51 heavy (non-hydrogen) atoms. The molecule has 0 saturated carbocycles. The van der Waals surface area contributed by atoms with Gasteiger partial charge in [0.15, 0.2) is 24.5 Å². The van der Waals surface area contributed by atoms with E-state index in [9.17, 15) is 19.5 Å². The number of aliphatic carboxylic acids is 1. The summed E-state index contributed by atoms with van der Waals surface area (Å²) in [7, 11) is 1.61. The number of carbonyl (C=O) groups excluding carboxylic acids is 2. The Labute approximate surface area is 299 Å². The molecule has 2 aliphatic heterocycles. The van der Waals surface area contributed by atoms with E-state index in [0.29, 0.717) is 26.2 Å². The number of carboxylic acids is 1. The van der Waals surface area contributed by atoms with Gasteiger partial charge in [0.25, 0.3) is 0 Å². The number of nitrogens with two attached hydrogens (primary N) is 4. The molecule has 2 fully saturated rings. The van der Waals surface area contributed by atoms with Gasteiger partial charge in [-0.15, -0.1) is 0 Å². The van der Waals surface area contributed by atoms with Gasteiger partial charge in [-0.25, -0.2) is 4.79 Å². The number of amides is 2. The van der Waals surface area contributed by atoms with Crippen LogP contribution in [0.5, 0.6) is 0 Å². The largest absolute Gasteiger partial charge is 0.480 e. The van der Waals surface area contributed by atoms with Gasteiger partial charge in [-0.3, -0.25) is 19.6 Å². The zero-order valence-electron chi connectivity index (χ0n) is 30.5. The lowest BCUT2D eigenvalue weighted by Crippen LogP contribution is -2.65. The number of hydrogen-bond donors (Lipinski definition) is 8. The van der Waals surface area contributed by atoms with Crippen LogP contribution < -0.4 is 33.6 Å². The van der Waals surface area contributed by atoms with Gasteiger partial charge in [0.05, 0.1) is 25.3 Å². The second-order valence-corrected chi connectivity index (χ2v) is 11.4. The summed E-state index contributed by atoms with van der Waals surface area (Å²) in [4.78, 5) is 42.8. The first kappa shape index (κ1) is 45.7. The maximum absolute atomic E-state index is 12.3. The third kappa shape index (κ3) is 15.8. The summed E-state index contributed by atoms with van der Waals surface area (Å²) in [6.45, 7) is 10.2. The monoisotopic (exact) mass is 736 g/mol. The molecular weight excluding hydrogens is 676 g/mol. The lowest BCUT2D eigenvalue weighted by molar-refractivity contribution is -0.274. The summed E-state index contributed by atoms with van der Waals surface area (Å²) in [5, 5.41) is 24.9. The summed E-state index contributed by atoms with van der Waals surface area (Å²) in [6, 6.07) is -1.38. The Morgan fingerprint density at radius 2 is 1.14 bits per heavy atom. The maximum atomic E-state index is 12.3. The Morgan fingerprint density at radius 3 is 1.53 bits per heavy atom. The number of aliphatic imine (C=N–C) groups is 2. The molecule has 2 amide bonds. The topological polar surface area (TPSA) is 309 Å². The number of nitrogens with zero attached hydrogens (tertiary/aromatic N) is 2. The third-order valence-corrected chi connectivity index (χ3v) is 7.74. The number of ether oxygens (including phenoxy) is 7. The third-order valence-electron chi connectivity index (χ3n) is 7.74. The second-order valence-electron chi connectivity index (χ2n) is 11.4. The Morgan fingerprint density at radius 1 is 0.686 bits per heavy atom. The smallest absolute Gasteiger partial charge is 0.329 e. The van der Waals surface area contributed by atoms with Crippen LogP contribution in [0.3, 0.4) is 0 Å². The van der Waals surface area contributed by atoms with E-state index in [1.54, 1.807) is 21.0 Å². The minimum absolute atomic E-state index is 0.00774. The van der Waals surface area contributed by atoms with Crippen LogP contribution in [0, 0.1) is 0 Å². The molecule has 6 unspecified atom stereocenters. The molecule has 0 aromatic heterocycles. The van der Waals surface area contributed by atoms with E-state index in [0.717, 1.165) is 6.42 Å². The first-order chi connectivity index (χ1) is 24.3. The SMILES string of the molecule is CCOC1OC(CC)[C@@H](O)[C@H](OCC(=O)O)C1NC(=O)CCN=C(N)N.CCOC1OC(CC)[C@@H](OC)[C@H](OCC)C1NC(=O)CCN=C(N)N. The van der Waals surface area contributed by atoms with Gasteiger partial charge < -0.3 is 76.9 Å². The van der Waals surface area contributed by atoms with Crippen LogP contribution >= 0.6 is 0 Å². The molecule has 2 rings (SSSR count). The number of rotatable bonds is 20. The van der Waals surface area contributed by atoms with Crippen molar-refractivity contribution in [3.8, 4) is 0 Å². The van der Waals surface area contributed by atoms with Gasteiger partial charge in [0.2, 0.25) is 11.8 Å². The summed E-state index contributed by atoms with van der Waals surface area (Å²) < 4.78 is 39.7. The molecule has 10 atom stereocenters. The summed E-state index contributed by atoms with van der Waals surface area (Å²) in [5.41, 5.74) is 21.0. The number of aliphatic hydroxyl groups excluding tert-OH is 1. The molecule has 0 bridgehead atoms. The number of carbonyl (C=O) groups is 3. The van der Waals surface area contributed by atoms with Crippen LogP contribution in [0.15, 0.2) is 9.98 Å². The molecule has 20 heteroatoms. The van der Waals surface area contributed by atoms with Crippen molar-refractivity contribution in [2.45, 2.75) is 122 Å². The molecule has 2 saturated heterocycles. The van der Waals surface area contributed by atoms with Crippen molar-refractivity contribution >= 4 is 29.7 Å². The van der Waals surface area contributed by atoms with Crippen molar-refractivity contribution in [1.82, 2.24) is 10.6 Å². The molecule has 2 aliphatic rings. The minimum Gasteiger partial charge on any atom is -0.480 e. The molecule has 0 aromatic rings. The number of hydrogen-bond acceptors (Lipinski definition) is 13. The van der Waals surface area contributed by atoms with Crippen LogP contribution in [0.1, 0.15) is 60.3 Å². The van der Waals surface area contributed by atoms with Crippen molar-refractivity contribution < 1.29 is 57.8 Å². The fraction of sp³-hybridized carbons (Fsp3) is 0.839. The Balaban J connectivity index is 0.000000510. The van der Waals surface area contributed by atoms with Gasteiger partial charge in [0.1, 0.15) is 43.1 Å². The lowest BCUT2D eigenvalue weighted by Gasteiger charge is -2.45. The highest BCUT2D eigenvalue weighted by Crippen LogP contribution is 2.29. The number of methoxy groups -OCH3 is 1. The highest BCUT2D eigenvalue weighted by molar-refractivity contribution is 5.79. The first-order valence-electron chi connectivity index (χ1n) is 17.2. The number of nitrogens with one attached hydrogen (secondary N) is 2. The van der Waals surface area contributed by atoms with Gasteiger partial charge in [0, 0.05) is 39.8 Å². The predicted octanol–water partition coefficient (Wildman–Crippen LogP) is -2.14. The normalized spacial score (nSPS) is 28.8. The highest BCUT2D eigenvalue weighted by atomic mass is 16.7. The second kappa shape index (κ2) is 24.8. The van der Waals surface area contributed by atoms with Crippen molar-refractivity contribution in [1.29, 1.82) is 0 Å². The zero-order chi connectivity index (χ0) is 38.5. The Bertz CT molecular complexity index is 1090. The molecule has 0 radical (unpaired) electrons. The van der Waals surface area contributed by atoms with Crippen molar-refractivity contribution in [3.63, 3.8) is 0 Å². The molecule has 12 N–H and O–H groups in total. The van der Waals surface area contributed by atoms with E-state index >= 15 is 0 Å². The van der Waals surface area contributed by atoms with Crippen LogP contribution in [-0.4, -0.2) is 148 Å². The molecular formula is C31H60N8O12. The van der Waals surface area contributed by atoms with E-state index in [4.69, 9.17) is 61.2 Å². The van der Waals surface area contributed by atoms with Gasteiger partial charge >= 0.3 is 5.97 Å². The number of guanidine groups is 2. The standard InChI is InChI=1S/C16H32N4O5.C15H28N4O7/c1-5-10-13(22-4)14(23-6-2)12(15(25-10)24-7-3)20-11(21)8-9-19-16(17)18;1-3-8-12(23)13(25-7-10(21)22)11(14(26-8)24-4-2)19-9(20)5-6-18-15(16)17/h10,12-15H,5-9H2,1-4H3,(H,20,21)(H4,17,18,19);8,11-14,23H,3-7H2,1-2H3,(H,19,20)(H,21,22)(H4,16,17,18)/t10?,12?,13-,14-,15?;8?,11?,12-,13-,14?/m11/s1. The molecule has 0 spiro atoms. The molecule has 20 nitrogen and oxygen atoms in total. The van der Waals surface area contributed by atoms with Crippen molar-refractivity contribution in [2.75, 3.05) is 46.6 Å². The molecule has 2 heterocycles. The Hall–Kier alpha value is -3.37. The van der Waals surface area contributed by atoms with E-state index in [-0.39, 0.29) is 62.1 Å². The Kier molecular flexibility index (Phi) is 22.2. The lowest BCUT2D eigenvalue weighted by atomic mass is 9.94. The van der Waals surface area contributed by atoms with Crippen LogP contribution in [0.2, 0.25) is 0 Å². The highest BCUT2D eigenvalue weighted by Gasteiger charge is 2.48. The van der Waals surface area contributed by atoms with Crippen molar-refractivity contribution in [2.24, 2.45) is 32.9 Å². The number of carboxylic acid groups (broad SMARTS) is 1.